The molecule has 0 saturated carbocycles. The Hall–Kier alpha value is -2.39. The molecule has 2 rings (SSSR count). The van der Waals surface area contributed by atoms with Crippen LogP contribution in [0.3, 0.4) is 0 Å². The minimum Gasteiger partial charge on any atom is -0.354 e. The van der Waals surface area contributed by atoms with E-state index in [0.29, 0.717) is 24.0 Å². The molecule has 102 valence electrons. The van der Waals surface area contributed by atoms with Crippen LogP contribution >= 0.6 is 11.6 Å². The number of halogens is 1. The number of benzene rings is 1. The van der Waals surface area contributed by atoms with Gasteiger partial charge in [0.05, 0.1) is 11.6 Å². The SMILES string of the molecule is CCNc1nc(Cl)nc(N(C)c2ccc(C#N)cc2)n1. The molecule has 0 atom stereocenters. The lowest BCUT2D eigenvalue weighted by Crippen LogP contribution is -2.15. The molecule has 0 aliphatic rings. The predicted octanol–water partition coefficient (Wildman–Crippen LogP) is 2.60. The molecular weight excluding hydrogens is 276 g/mol. The van der Waals surface area contributed by atoms with E-state index in [0.717, 1.165) is 5.69 Å². The molecule has 0 radical (unpaired) electrons. The van der Waals surface area contributed by atoms with Crippen molar-refractivity contribution in [3.8, 4) is 6.07 Å². The summed E-state index contributed by atoms with van der Waals surface area (Å²) in [5.74, 6) is 0.869. The summed E-state index contributed by atoms with van der Waals surface area (Å²) < 4.78 is 0. The Morgan fingerprint density at radius 1 is 1.25 bits per heavy atom. The first kappa shape index (κ1) is 14.0. The molecule has 20 heavy (non-hydrogen) atoms. The molecule has 7 heteroatoms. The maximum absolute atomic E-state index is 8.79. The van der Waals surface area contributed by atoms with Crippen LogP contribution in [0.1, 0.15) is 12.5 Å². The fraction of sp³-hybridized carbons (Fsp3) is 0.231. The van der Waals surface area contributed by atoms with Crippen LogP contribution in [-0.2, 0) is 0 Å². The van der Waals surface area contributed by atoms with Gasteiger partial charge in [-0.25, -0.2) is 0 Å². The maximum Gasteiger partial charge on any atom is 0.235 e. The van der Waals surface area contributed by atoms with Crippen LogP contribution in [0.25, 0.3) is 0 Å². The largest absolute Gasteiger partial charge is 0.354 e. The average Bonchev–Trinajstić information content (AvgIpc) is 2.46. The van der Waals surface area contributed by atoms with Crippen LogP contribution in [0.5, 0.6) is 0 Å². The average molecular weight is 289 g/mol. The Morgan fingerprint density at radius 2 is 1.95 bits per heavy atom. The number of hydrogen-bond acceptors (Lipinski definition) is 6. The summed E-state index contributed by atoms with van der Waals surface area (Å²) in [4.78, 5) is 14.1. The van der Waals surface area contributed by atoms with Crippen LogP contribution in [0.2, 0.25) is 5.28 Å². The zero-order valence-electron chi connectivity index (χ0n) is 11.1. The third-order valence-corrected chi connectivity index (χ3v) is 2.78. The van der Waals surface area contributed by atoms with Gasteiger partial charge in [0.2, 0.25) is 17.2 Å². The summed E-state index contributed by atoms with van der Waals surface area (Å²) in [6, 6.07) is 9.19. The summed E-state index contributed by atoms with van der Waals surface area (Å²) in [6.07, 6.45) is 0. The molecule has 1 heterocycles. The van der Waals surface area contributed by atoms with Gasteiger partial charge in [-0.3, -0.25) is 0 Å². The summed E-state index contributed by atoms with van der Waals surface area (Å²) >= 11 is 5.89. The van der Waals surface area contributed by atoms with Gasteiger partial charge in [-0.15, -0.1) is 0 Å². The van der Waals surface area contributed by atoms with Crippen LogP contribution in [0, 0.1) is 11.3 Å². The fourth-order valence-corrected chi connectivity index (χ4v) is 1.76. The molecule has 6 nitrogen and oxygen atoms in total. The fourth-order valence-electron chi connectivity index (χ4n) is 1.60. The molecule has 0 saturated heterocycles. The number of nitriles is 1. The van der Waals surface area contributed by atoms with Gasteiger partial charge in [0, 0.05) is 19.3 Å². The van der Waals surface area contributed by atoms with E-state index >= 15 is 0 Å². The van der Waals surface area contributed by atoms with Crippen molar-refractivity contribution in [2.75, 3.05) is 23.8 Å². The Labute approximate surface area is 122 Å². The highest BCUT2D eigenvalue weighted by molar-refractivity contribution is 6.28. The molecule has 0 unspecified atom stereocenters. The third kappa shape index (κ3) is 3.13. The van der Waals surface area contributed by atoms with Gasteiger partial charge in [-0.05, 0) is 42.8 Å². The van der Waals surface area contributed by atoms with E-state index in [9.17, 15) is 0 Å². The third-order valence-electron chi connectivity index (χ3n) is 2.61. The minimum absolute atomic E-state index is 0.131. The van der Waals surface area contributed by atoms with E-state index < -0.39 is 0 Å². The van der Waals surface area contributed by atoms with Crippen LogP contribution in [0.15, 0.2) is 24.3 Å². The number of anilines is 3. The maximum atomic E-state index is 8.79. The normalized spacial score (nSPS) is 9.90. The lowest BCUT2D eigenvalue weighted by Gasteiger charge is -2.17. The smallest absolute Gasteiger partial charge is 0.235 e. The Balaban J connectivity index is 2.31. The molecule has 0 fully saturated rings. The van der Waals surface area contributed by atoms with Gasteiger partial charge in [-0.2, -0.15) is 20.2 Å². The van der Waals surface area contributed by atoms with Gasteiger partial charge in [-0.1, -0.05) is 0 Å². The van der Waals surface area contributed by atoms with Gasteiger partial charge in [0.25, 0.3) is 0 Å². The summed E-state index contributed by atoms with van der Waals surface area (Å²) in [5, 5.41) is 11.9. The van der Waals surface area contributed by atoms with E-state index in [-0.39, 0.29) is 5.28 Å². The molecule has 0 bridgehead atoms. The van der Waals surface area contributed by atoms with Crippen molar-refractivity contribution >= 4 is 29.2 Å². The summed E-state index contributed by atoms with van der Waals surface area (Å²) in [7, 11) is 1.82. The monoisotopic (exact) mass is 288 g/mol. The minimum atomic E-state index is 0.131. The first-order valence-corrected chi connectivity index (χ1v) is 6.41. The molecule has 0 spiro atoms. The first-order valence-electron chi connectivity index (χ1n) is 6.03. The second-order valence-electron chi connectivity index (χ2n) is 3.98. The molecule has 1 N–H and O–H groups in total. The van der Waals surface area contributed by atoms with E-state index in [2.05, 4.69) is 26.3 Å². The van der Waals surface area contributed by atoms with Crippen molar-refractivity contribution < 1.29 is 0 Å². The van der Waals surface area contributed by atoms with Crippen molar-refractivity contribution in [3.05, 3.63) is 35.1 Å². The molecule has 1 aromatic heterocycles. The van der Waals surface area contributed by atoms with Gasteiger partial charge >= 0.3 is 0 Å². The Bertz CT molecular complexity index is 634. The number of rotatable bonds is 4. The lowest BCUT2D eigenvalue weighted by molar-refractivity contribution is 0.973. The van der Waals surface area contributed by atoms with Crippen molar-refractivity contribution in [1.82, 2.24) is 15.0 Å². The van der Waals surface area contributed by atoms with E-state index in [1.54, 1.807) is 17.0 Å². The highest BCUT2D eigenvalue weighted by atomic mass is 35.5. The molecular formula is C13H13ClN6. The highest BCUT2D eigenvalue weighted by Gasteiger charge is 2.10. The molecule has 0 amide bonds. The Morgan fingerprint density at radius 3 is 2.55 bits per heavy atom. The quantitative estimate of drug-likeness (QED) is 0.932. The van der Waals surface area contributed by atoms with E-state index in [1.807, 2.05) is 26.1 Å². The zero-order chi connectivity index (χ0) is 14.5. The van der Waals surface area contributed by atoms with E-state index in [4.69, 9.17) is 16.9 Å². The summed E-state index contributed by atoms with van der Waals surface area (Å²) in [5.41, 5.74) is 1.46. The Kier molecular flexibility index (Phi) is 4.33. The highest BCUT2D eigenvalue weighted by Crippen LogP contribution is 2.22. The number of hydrogen-bond donors (Lipinski definition) is 1. The van der Waals surface area contributed by atoms with Crippen LogP contribution in [-0.4, -0.2) is 28.5 Å². The van der Waals surface area contributed by atoms with Crippen LogP contribution in [0.4, 0.5) is 17.6 Å². The van der Waals surface area contributed by atoms with Gasteiger partial charge in [0.15, 0.2) is 0 Å². The van der Waals surface area contributed by atoms with Crippen molar-refractivity contribution in [1.29, 1.82) is 5.26 Å². The summed E-state index contributed by atoms with van der Waals surface area (Å²) in [6.45, 7) is 2.64. The van der Waals surface area contributed by atoms with Gasteiger partial charge < -0.3 is 10.2 Å². The predicted molar refractivity (Wildman–Crippen MR) is 78.2 cm³/mol. The lowest BCUT2D eigenvalue weighted by atomic mass is 10.2. The van der Waals surface area contributed by atoms with E-state index in [1.165, 1.54) is 0 Å². The van der Waals surface area contributed by atoms with Crippen molar-refractivity contribution in [2.24, 2.45) is 0 Å². The zero-order valence-corrected chi connectivity index (χ0v) is 11.9. The number of nitrogens with zero attached hydrogens (tertiary/aromatic N) is 5. The molecule has 1 aromatic carbocycles. The topological polar surface area (TPSA) is 77.7 Å². The molecule has 0 aliphatic carbocycles. The second kappa shape index (κ2) is 6.17. The van der Waals surface area contributed by atoms with Gasteiger partial charge in [0.1, 0.15) is 0 Å². The van der Waals surface area contributed by atoms with Crippen molar-refractivity contribution in [2.45, 2.75) is 6.92 Å². The molecule has 0 aliphatic heterocycles. The second-order valence-corrected chi connectivity index (χ2v) is 4.31. The molecule has 2 aromatic rings. The first-order chi connectivity index (χ1) is 9.63. The van der Waals surface area contributed by atoms with Crippen molar-refractivity contribution in [3.63, 3.8) is 0 Å². The standard InChI is InChI=1S/C13H13ClN6/c1-3-16-12-17-11(14)18-13(19-12)20(2)10-6-4-9(8-15)5-7-10/h4-7H,3H2,1-2H3,(H,16,17,18,19). The number of nitrogens with one attached hydrogen (secondary N) is 1. The van der Waals surface area contributed by atoms with Crippen LogP contribution < -0.4 is 10.2 Å². The number of aromatic nitrogens is 3.